The van der Waals surface area contributed by atoms with Gasteiger partial charge in [0.15, 0.2) is 0 Å². The molecule has 2 heteroatoms. The van der Waals surface area contributed by atoms with Crippen molar-refractivity contribution >= 4 is 0 Å². The first kappa shape index (κ1) is 16.2. The molecule has 0 heterocycles. The Labute approximate surface area is 118 Å². The van der Waals surface area contributed by atoms with Gasteiger partial charge in [-0.2, -0.15) is 0 Å². The molecule has 0 aliphatic rings. The molecule has 1 rings (SSSR count). The molecule has 2 nitrogen and oxygen atoms in total. The summed E-state index contributed by atoms with van der Waals surface area (Å²) in [6.07, 6.45) is 0.454. The van der Waals surface area contributed by atoms with Crippen LogP contribution < -0.4 is 5.32 Å². The highest BCUT2D eigenvalue weighted by molar-refractivity contribution is 5.39. The van der Waals surface area contributed by atoms with E-state index < -0.39 is 6.10 Å². The van der Waals surface area contributed by atoms with Crippen molar-refractivity contribution in [1.82, 2.24) is 5.32 Å². The third-order valence-corrected chi connectivity index (χ3v) is 3.47. The maximum Gasteiger partial charge on any atom is 0.0948 e. The zero-order valence-corrected chi connectivity index (χ0v) is 13.5. The average Bonchev–Trinajstić information content (AvgIpc) is 2.22. The van der Waals surface area contributed by atoms with Gasteiger partial charge in [0.2, 0.25) is 0 Å². The highest BCUT2D eigenvalue weighted by atomic mass is 16.3. The van der Waals surface area contributed by atoms with E-state index in [1.807, 2.05) is 0 Å². The van der Waals surface area contributed by atoms with Crippen molar-refractivity contribution in [3.05, 3.63) is 34.4 Å². The van der Waals surface area contributed by atoms with Gasteiger partial charge in [0, 0.05) is 11.6 Å². The fourth-order valence-corrected chi connectivity index (χ4v) is 2.82. The Morgan fingerprint density at radius 1 is 1.11 bits per heavy atom. The van der Waals surface area contributed by atoms with E-state index >= 15 is 0 Å². The van der Waals surface area contributed by atoms with Crippen molar-refractivity contribution in [2.75, 3.05) is 0 Å². The lowest BCUT2D eigenvalue weighted by Crippen LogP contribution is -2.46. The Balaban J connectivity index is 3.07. The van der Waals surface area contributed by atoms with E-state index in [1.54, 1.807) is 0 Å². The molecule has 108 valence electrons. The van der Waals surface area contributed by atoms with E-state index in [9.17, 15) is 5.11 Å². The SMILES string of the molecule is CCC(NC(C)(C)C)C(O)c1c(C)cc(C)cc1C. The summed E-state index contributed by atoms with van der Waals surface area (Å²) >= 11 is 0. The molecular formula is C17H29NO. The molecule has 0 bridgehead atoms. The molecule has 0 aromatic heterocycles. The van der Waals surface area contributed by atoms with E-state index in [-0.39, 0.29) is 11.6 Å². The zero-order chi connectivity index (χ0) is 14.8. The molecule has 0 aliphatic carbocycles. The minimum Gasteiger partial charge on any atom is -0.387 e. The van der Waals surface area contributed by atoms with Crippen molar-refractivity contribution in [1.29, 1.82) is 0 Å². The molecule has 1 aromatic rings. The van der Waals surface area contributed by atoms with Gasteiger partial charge in [0.25, 0.3) is 0 Å². The highest BCUT2D eigenvalue weighted by Gasteiger charge is 2.25. The monoisotopic (exact) mass is 263 g/mol. The standard InChI is InChI=1S/C17H29NO/c1-8-14(18-17(5,6)7)16(19)15-12(3)9-11(2)10-13(15)4/h9-10,14,16,18-19H,8H2,1-7H3. The van der Waals surface area contributed by atoms with Crippen LogP contribution in [-0.2, 0) is 0 Å². The van der Waals surface area contributed by atoms with Crippen LogP contribution in [0.2, 0.25) is 0 Å². The molecule has 19 heavy (non-hydrogen) atoms. The van der Waals surface area contributed by atoms with Gasteiger partial charge in [-0.25, -0.2) is 0 Å². The van der Waals surface area contributed by atoms with Gasteiger partial charge >= 0.3 is 0 Å². The summed E-state index contributed by atoms with van der Waals surface area (Å²) in [5, 5.41) is 14.3. The van der Waals surface area contributed by atoms with E-state index in [2.05, 4.69) is 65.9 Å². The topological polar surface area (TPSA) is 32.3 Å². The van der Waals surface area contributed by atoms with E-state index in [1.165, 1.54) is 16.7 Å². The van der Waals surface area contributed by atoms with Crippen LogP contribution in [0.15, 0.2) is 12.1 Å². The number of aryl methyl sites for hydroxylation is 3. The molecule has 0 radical (unpaired) electrons. The Morgan fingerprint density at radius 2 is 1.58 bits per heavy atom. The van der Waals surface area contributed by atoms with Crippen molar-refractivity contribution in [3.8, 4) is 0 Å². The Morgan fingerprint density at radius 3 is 1.95 bits per heavy atom. The first-order valence-electron chi connectivity index (χ1n) is 7.19. The maximum atomic E-state index is 10.7. The van der Waals surface area contributed by atoms with Crippen LogP contribution >= 0.6 is 0 Å². The van der Waals surface area contributed by atoms with Gasteiger partial charge in [0.05, 0.1) is 6.10 Å². The summed E-state index contributed by atoms with van der Waals surface area (Å²) in [4.78, 5) is 0. The van der Waals surface area contributed by atoms with Crippen LogP contribution in [0.5, 0.6) is 0 Å². The van der Waals surface area contributed by atoms with Crippen LogP contribution in [0.3, 0.4) is 0 Å². The van der Waals surface area contributed by atoms with Crippen LogP contribution in [0.1, 0.15) is 62.5 Å². The Hall–Kier alpha value is -0.860. The molecule has 0 saturated heterocycles. The van der Waals surface area contributed by atoms with Gasteiger partial charge in [-0.3, -0.25) is 0 Å². The van der Waals surface area contributed by atoms with Crippen molar-refractivity contribution < 1.29 is 5.11 Å². The first-order valence-corrected chi connectivity index (χ1v) is 7.19. The van der Waals surface area contributed by atoms with Crippen LogP contribution in [-0.4, -0.2) is 16.7 Å². The van der Waals surface area contributed by atoms with Crippen LogP contribution in [0, 0.1) is 20.8 Å². The number of benzene rings is 1. The van der Waals surface area contributed by atoms with E-state index in [4.69, 9.17) is 0 Å². The third-order valence-electron chi connectivity index (χ3n) is 3.47. The average molecular weight is 263 g/mol. The van der Waals surface area contributed by atoms with Crippen molar-refractivity contribution in [3.63, 3.8) is 0 Å². The van der Waals surface area contributed by atoms with Crippen molar-refractivity contribution in [2.24, 2.45) is 0 Å². The number of nitrogens with one attached hydrogen (secondary N) is 1. The predicted molar refractivity (Wildman–Crippen MR) is 82.6 cm³/mol. The van der Waals surface area contributed by atoms with Gasteiger partial charge in [0.1, 0.15) is 0 Å². The largest absolute Gasteiger partial charge is 0.387 e. The second kappa shape index (κ2) is 6.06. The number of hydrogen-bond donors (Lipinski definition) is 2. The summed E-state index contributed by atoms with van der Waals surface area (Å²) in [6, 6.07) is 4.38. The molecule has 0 fully saturated rings. The van der Waals surface area contributed by atoms with Crippen LogP contribution in [0.25, 0.3) is 0 Å². The van der Waals surface area contributed by atoms with E-state index in [0.29, 0.717) is 0 Å². The van der Waals surface area contributed by atoms with Gasteiger partial charge in [-0.05, 0) is 64.7 Å². The number of aliphatic hydroxyl groups is 1. The van der Waals surface area contributed by atoms with Crippen molar-refractivity contribution in [2.45, 2.75) is 72.6 Å². The Bertz CT molecular complexity index is 408. The summed E-state index contributed by atoms with van der Waals surface area (Å²) in [5.74, 6) is 0. The normalized spacial score (nSPS) is 15.4. The Kier molecular flexibility index (Phi) is 5.17. The summed E-state index contributed by atoms with van der Waals surface area (Å²) in [6.45, 7) is 14.8. The highest BCUT2D eigenvalue weighted by Crippen LogP contribution is 2.28. The van der Waals surface area contributed by atoms with Gasteiger partial charge in [-0.15, -0.1) is 0 Å². The van der Waals surface area contributed by atoms with E-state index in [0.717, 1.165) is 12.0 Å². The molecule has 2 atom stereocenters. The molecular weight excluding hydrogens is 234 g/mol. The molecule has 2 unspecified atom stereocenters. The summed E-state index contributed by atoms with van der Waals surface area (Å²) in [5.41, 5.74) is 4.70. The summed E-state index contributed by atoms with van der Waals surface area (Å²) < 4.78 is 0. The molecule has 0 spiro atoms. The minimum atomic E-state index is -0.454. The zero-order valence-electron chi connectivity index (χ0n) is 13.5. The molecule has 2 N–H and O–H groups in total. The lowest BCUT2D eigenvalue weighted by Gasteiger charge is -2.32. The number of hydrogen-bond acceptors (Lipinski definition) is 2. The number of rotatable bonds is 4. The lowest BCUT2D eigenvalue weighted by molar-refractivity contribution is 0.109. The maximum absolute atomic E-state index is 10.7. The molecule has 0 aliphatic heterocycles. The fourth-order valence-electron chi connectivity index (χ4n) is 2.82. The summed E-state index contributed by atoms with van der Waals surface area (Å²) in [7, 11) is 0. The smallest absolute Gasteiger partial charge is 0.0948 e. The third kappa shape index (κ3) is 4.32. The quantitative estimate of drug-likeness (QED) is 0.865. The first-order chi connectivity index (χ1) is 8.65. The minimum absolute atomic E-state index is 0.00810. The lowest BCUT2D eigenvalue weighted by atomic mass is 9.90. The molecule has 0 saturated carbocycles. The van der Waals surface area contributed by atoms with Gasteiger partial charge in [-0.1, -0.05) is 24.6 Å². The second-order valence-electron chi connectivity index (χ2n) is 6.67. The van der Waals surface area contributed by atoms with Crippen LogP contribution in [0.4, 0.5) is 0 Å². The molecule has 1 aromatic carbocycles. The fraction of sp³-hybridized carbons (Fsp3) is 0.647. The van der Waals surface area contributed by atoms with Gasteiger partial charge < -0.3 is 10.4 Å². The molecule has 0 amide bonds. The second-order valence-corrected chi connectivity index (χ2v) is 6.67. The predicted octanol–water partition coefficient (Wildman–Crippen LogP) is 3.81. The number of aliphatic hydroxyl groups excluding tert-OH is 1.